The monoisotopic (exact) mass is 359 g/mol. The first kappa shape index (κ1) is 14.3. The second kappa shape index (κ2) is 6.41. The average Bonchev–Trinajstić information content (AvgIpc) is 2.98. The maximum absolute atomic E-state index is 5.69. The fourth-order valence-corrected chi connectivity index (χ4v) is 3.58. The van der Waals surface area contributed by atoms with Crippen LogP contribution in [0.1, 0.15) is 6.92 Å². The van der Waals surface area contributed by atoms with Gasteiger partial charge in [-0.15, -0.1) is 11.3 Å². The Hall–Kier alpha value is -1.65. The molecule has 0 unspecified atom stereocenters. The highest BCUT2D eigenvalue weighted by molar-refractivity contribution is 9.10. The molecule has 0 aliphatic heterocycles. The average molecular weight is 360 g/mol. The van der Waals surface area contributed by atoms with Crippen molar-refractivity contribution in [2.75, 3.05) is 6.61 Å². The van der Waals surface area contributed by atoms with Crippen molar-refractivity contribution < 1.29 is 4.74 Å². The molecular formula is C17H14BrNOS. The van der Waals surface area contributed by atoms with Crippen molar-refractivity contribution in [2.24, 2.45) is 0 Å². The summed E-state index contributed by atoms with van der Waals surface area (Å²) in [5, 5.41) is 3.08. The molecule has 0 aliphatic rings. The van der Waals surface area contributed by atoms with Crippen LogP contribution in [0.5, 0.6) is 5.75 Å². The Morgan fingerprint density at radius 2 is 1.76 bits per heavy atom. The van der Waals surface area contributed by atoms with Crippen LogP contribution in [0, 0.1) is 0 Å². The normalized spacial score (nSPS) is 10.6. The van der Waals surface area contributed by atoms with Crippen LogP contribution in [0.25, 0.3) is 21.8 Å². The minimum atomic E-state index is 0.651. The predicted octanol–water partition coefficient (Wildman–Crippen LogP) is 5.64. The molecule has 3 rings (SSSR count). The lowest BCUT2D eigenvalue weighted by Gasteiger charge is -2.07. The lowest BCUT2D eigenvalue weighted by molar-refractivity contribution is 0.341. The van der Waals surface area contributed by atoms with E-state index in [0.717, 1.165) is 32.1 Å². The van der Waals surface area contributed by atoms with Crippen molar-refractivity contribution in [1.29, 1.82) is 0 Å². The Bertz CT molecular complexity index is 754. The number of ether oxygens (including phenoxy) is 1. The number of halogens is 1. The van der Waals surface area contributed by atoms with Crippen LogP contribution < -0.4 is 4.74 Å². The summed E-state index contributed by atoms with van der Waals surface area (Å²) in [6, 6.07) is 16.2. The summed E-state index contributed by atoms with van der Waals surface area (Å²) in [5.74, 6) is 0.879. The molecular weight excluding hydrogens is 346 g/mol. The van der Waals surface area contributed by atoms with Gasteiger partial charge in [-0.2, -0.15) is 0 Å². The van der Waals surface area contributed by atoms with E-state index in [1.165, 1.54) is 0 Å². The molecule has 0 saturated carbocycles. The summed E-state index contributed by atoms with van der Waals surface area (Å²) >= 11 is 5.22. The van der Waals surface area contributed by atoms with E-state index in [9.17, 15) is 0 Å². The second-order valence-electron chi connectivity index (χ2n) is 4.45. The summed E-state index contributed by atoms with van der Waals surface area (Å²) in [5.41, 5.74) is 3.10. The maximum atomic E-state index is 5.69. The third kappa shape index (κ3) is 3.01. The molecule has 0 saturated heterocycles. The molecule has 1 aromatic heterocycles. The molecule has 1 heterocycles. The smallest absolute Gasteiger partial charge is 0.128 e. The third-order valence-electron chi connectivity index (χ3n) is 3.07. The minimum absolute atomic E-state index is 0.651. The van der Waals surface area contributed by atoms with Crippen LogP contribution in [-0.2, 0) is 0 Å². The molecule has 0 bridgehead atoms. The van der Waals surface area contributed by atoms with Gasteiger partial charge >= 0.3 is 0 Å². The summed E-state index contributed by atoms with van der Waals surface area (Å²) in [7, 11) is 0. The predicted molar refractivity (Wildman–Crippen MR) is 91.9 cm³/mol. The standard InChI is InChI=1S/C17H14BrNOS/c1-2-20-16-10-6-4-8-13(16)15-11-21-17(19-15)12-7-3-5-9-14(12)18/h3-11H,2H2,1H3. The number of nitrogens with zero attached hydrogens (tertiary/aromatic N) is 1. The number of aromatic nitrogens is 1. The molecule has 106 valence electrons. The second-order valence-corrected chi connectivity index (χ2v) is 6.16. The van der Waals surface area contributed by atoms with Gasteiger partial charge in [0.15, 0.2) is 0 Å². The lowest BCUT2D eigenvalue weighted by Crippen LogP contribution is -1.93. The molecule has 4 heteroatoms. The number of hydrogen-bond donors (Lipinski definition) is 0. The van der Waals surface area contributed by atoms with Gasteiger partial charge in [-0.05, 0) is 25.1 Å². The summed E-state index contributed by atoms with van der Waals surface area (Å²) in [4.78, 5) is 4.76. The SMILES string of the molecule is CCOc1ccccc1-c1csc(-c2ccccc2Br)n1. The molecule has 2 aromatic carbocycles. The van der Waals surface area contributed by atoms with Crippen LogP contribution in [-0.4, -0.2) is 11.6 Å². The van der Waals surface area contributed by atoms with E-state index in [0.29, 0.717) is 6.61 Å². The van der Waals surface area contributed by atoms with E-state index in [1.54, 1.807) is 11.3 Å². The zero-order valence-electron chi connectivity index (χ0n) is 11.5. The number of benzene rings is 2. The summed E-state index contributed by atoms with van der Waals surface area (Å²) in [6.45, 7) is 2.64. The summed E-state index contributed by atoms with van der Waals surface area (Å²) < 4.78 is 6.74. The number of thiazole rings is 1. The van der Waals surface area contributed by atoms with Gasteiger partial charge in [0.25, 0.3) is 0 Å². The van der Waals surface area contributed by atoms with Gasteiger partial charge < -0.3 is 4.74 Å². The molecule has 0 fully saturated rings. The van der Waals surface area contributed by atoms with Crippen LogP contribution in [0.4, 0.5) is 0 Å². The fraction of sp³-hybridized carbons (Fsp3) is 0.118. The Morgan fingerprint density at radius 3 is 2.52 bits per heavy atom. The van der Waals surface area contributed by atoms with E-state index >= 15 is 0 Å². The van der Waals surface area contributed by atoms with Gasteiger partial charge in [0.1, 0.15) is 10.8 Å². The first-order chi connectivity index (χ1) is 10.3. The fourth-order valence-electron chi connectivity index (χ4n) is 2.12. The van der Waals surface area contributed by atoms with Gasteiger partial charge in [-0.3, -0.25) is 0 Å². The molecule has 0 N–H and O–H groups in total. The largest absolute Gasteiger partial charge is 0.493 e. The van der Waals surface area contributed by atoms with Crippen molar-refractivity contribution in [3.05, 3.63) is 58.4 Å². The van der Waals surface area contributed by atoms with Crippen molar-refractivity contribution in [3.8, 4) is 27.6 Å². The van der Waals surface area contributed by atoms with Crippen molar-refractivity contribution in [3.63, 3.8) is 0 Å². The molecule has 2 nitrogen and oxygen atoms in total. The van der Waals surface area contributed by atoms with E-state index in [4.69, 9.17) is 9.72 Å². The molecule has 0 radical (unpaired) electrons. The highest BCUT2D eigenvalue weighted by Gasteiger charge is 2.12. The zero-order chi connectivity index (χ0) is 14.7. The summed E-state index contributed by atoms with van der Waals surface area (Å²) in [6.07, 6.45) is 0. The van der Waals surface area contributed by atoms with Crippen LogP contribution in [0.3, 0.4) is 0 Å². The van der Waals surface area contributed by atoms with Crippen molar-refractivity contribution in [2.45, 2.75) is 6.92 Å². The van der Waals surface area contributed by atoms with Gasteiger partial charge in [-0.25, -0.2) is 4.98 Å². The molecule has 0 spiro atoms. The Kier molecular flexibility index (Phi) is 4.36. The molecule has 0 aliphatic carbocycles. The molecule has 0 atom stereocenters. The van der Waals surface area contributed by atoms with Crippen LogP contribution in [0.2, 0.25) is 0 Å². The topological polar surface area (TPSA) is 22.1 Å². The highest BCUT2D eigenvalue weighted by atomic mass is 79.9. The third-order valence-corrected chi connectivity index (χ3v) is 4.64. The quantitative estimate of drug-likeness (QED) is 0.601. The van der Waals surface area contributed by atoms with E-state index in [2.05, 4.69) is 27.4 Å². The number of rotatable bonds is 4. The number of hydrogen-bond acceptors (Lipinski definition) is 3. The minimum Gasteiger partial charge on any atom is -0.493 e. The Morgan fingerprint density at radius 1 is 1.05 bits per heavy atom. The maximum Gasteiger partial charge on any atom is 0.128 e. The van der Waals surface area contributed by atoms with E-state index in [1.807, 2.05) is 49.4 Å². The van der Waals surface area contributed by atoms with Gasteiger partial charge in [0.2, 0.25) is 0 Å². The zero-order valence-corrected chi connectivity index (χ0v) is 13.9. The first-order valence-electron chi connectivity index (χ1n) is 6.72. The van der Waals surface area contributed by atoms with Crippen LogP contribution >= 0.6 is 27.3 Å². The molecule has 0 amide bonds. The van der Waals surface area contributed by atoms with Crippen molar-refractivity contribution >= 4 is 27.3 Å². The highest BCUT2D eigenvalue weighted by Crippen LogP contribution is 2.36. The number of para-hydroxylation sites is 1. The first-order valence-corrected chi connectivity index (χ1v) is 8.39. The Balaban J connectivity index is 2.01. The van der Waals surface area contributed by atoms with E-state index < -0.39 is 0 Å². The van der Waals surface area contributed by atoms with Gasteiger partial charge in [0.05, 0.1) is 12.3 Å². The van der Waals surface area contributed by atoms with Gasteiger partial charge in [0, 0.05) is 21.0 Å². The molecule has 3 aromatic rings. The lowest BCUT2D eigenvalue weighted by atomic mass is 10.1. The van der Waals surface area contributed by atoms with Crippen LogP contribution in [0.15, 0.2) is 58.4 Å². The van der Waals surface area contributed by atoms with Gasteiger partial charge in [-0.1, -0.05) is 46.3 Å². The molecule has 21 heavy (non-hydrogen) atoms. The van der Waals surface area contributed by atoms with Crippen molar-refractivity contribution in [1.82, 2.24) is 4.98 Å². The van der Waals surface area contributed by atoms with E-state index in [-0.39, 0.29) is 0 Å². The Labute approximate surface area is 136 Å².